The van der Waals surface area contributed by atoms with Crippen molar-refractivity contribution in [2.45, 2.75) is 9.92 Å². The minimum atomic E-state index is 0.395. The number of hydrogen-bond donors (Lipinski definition) is 0. The van der Waals surface area contributed by atoms with E-state index in [9.17, 15) is 0 Å². The summed E-state index contributed by atoms with van der Waals surface area (Å²) in [5.41, 5.74) is 1.01. The van der Waals surface area contributed by atoms with Gasteiger partial charge in [-0.3, -0.25) is 0 Å². The number of benzene rings is 1. The molecule has 0 saturated carbocycles. The molecule has 1 heterocycles. The average molecular weight is 237 g/mol. The summed E-state index contributed by atoms with van der Waals surface area (Å²) in [6, 6.07) is 16.7. The van der Waals surface area contributed by atoms with Crippen molar-refractivity contribution in [1.29, 1.82) is 10.5 Å². The lowest BCUT2D eigenvalue weighted by Gasteiger charge is -2.01. The quantitative estimate of drug-likeness (QED) is 0.805. The van der Waals surface area contributed by atoms with Crippen molar-refractivity contribution in [3.63, 3.8) is 0 Å². The van der Waals surface area contributed by atoms with Crippen molar-refractivity contribution >= 4 is 11.8 Å². The van der Waals surface area contributed by atoms with Gasteiger partial charge in [-0.2, -0.15) is 10.5 Å². The third-order valence-corrected chi connectivity index (χ3v) is 2.95. The summed E-state index contributed by atoms with van der Waals surface area (Å²) < 4.78 is 0. The van der Waals surface area contributed by atoms with Crippen LogP contribution in [0.25, 0.3) is 0 Å². The van der Waals surface area contributed by atoms with E-state index in [1.807, 2.05) is 24.3 Å². The normalized spacial score (nSPS) is 9.29. The first-order valence-electron chi connectivity index (χ1n) is 4.87. The van der Waals surface area contributed by atoms with Gasteiger partial charge >= 0.3 is 0 Å². The number of pyridine rings is 1. The standard InChI is InChI=1S/C13H7N3S/c14-8-10-3-1-5-12(7-10)17-13-6-2-4-11(9-15)16-13/h1-7H. The maximum Gasteiger partial charge on any atom is 0.141 e. The fourth-order valence-corrected chi connectivity index (χ4v) is 2.15. The second kappa shape index (κ2) is 5.16. The molecular weight excluding hydrogens is 230 g/mol. The molecule has 0 spiro atoms. The van der Waals surface area contributed by atoms with E-state index in [0.29, 0.717) is 11.3 Å². The van der Waals surface area contributed by atoms with Crippen molar-refractivity contribution < 1.29 is 0 Å². The lowest BCUT2D eigenvalue weighted by molar-refractivity contribution is 1.10. The highest BCUT2D eigenvalue weighted by atomic mass is 32.2. The van der Waals surface area contributed by atoms with Crippen molar-refractivity contribution in [2.24, 2.45) is 0 Å². The molecule has 3 nitrogen and oxygen atoms in total. The minimum Gasteiger partial charge on any atom is -0.230 e. The van der Waals surface area contributed by atoms with Crippen LogP contribution in [0, 0.1) is 22.7 Å². The van der Waals surface area contributed by atoms with Gasteiger partial charge in [0.05, 0.1) is 11.6 Å². The van der Waals surface area contributed by atoms with Crippen LogP contribution in [-0.2, 0) is 0 Å². The molecule has 0 aliphatic heterocycles. The van der Waals surface area contributed by atoms with Gasteiger partial charge < -0.3 is 0 Å². The van der Waals surface area contributed by atoms with Crippen LogP contribution in [0.4, 0.5) is 0 Å². The van der Waals surface area contributed by atoms with Crippen LogP contribution in [0.15, 0.2) is 52.4 Å². The summed E-state index contributed by atoms with van der Waals surface area (Å²) in [4.78, 5) is 5.10. The Kier molecular flexibility index (Phi) is 3.40. The van der Waals surface area contributed by atoms with Crippen molar-refractivity contribution in [1.82, 2.24) is 4.98 Å². The first-order valence-corrected chi connectivity index (χ1v) is 5.68. The monoisotopic (exact) mass is 237 g/mol. The summed E-state index contributed by atoms with van der Waals surface area (Å²) in [5.74, 6) is 0. The molecule has 2 rings (SSSR count). The molecule has 1 aromatic heterocycles. The highest BCUT2D eigenvalue weighted by molar-refractivity contribution is 7.99. The average Bonchev–Trinajstić information content (AvgIpc) is 2.39. The van der Waals surface area contributed by atoms with Crippen molar-refractivity contribution in [3.8, 4) is 12.1 Å². The number of nitriles is 2. The van der Waals surface area contributed by atoms with Gasteiger partial charge in [0, 0.05) is 4.90 Å². The van der Waals surface area contributed by atoms with E-state index in [4.69, 9.17) is 10.5 Å². The van der Waals surface area contributed by atoms with Crippen LogP contribution in [0.3, 0.4) is 0 Å². The Morgan fingerprint density at radius 1 is 1.00 bits per heavy atom. The molecule has 0 aliphatic carbocycles. The first kappa shape index (κ1) is 11.2. The summed E-state index contributed by atoms with van der Waals surface area (Å²) in [5, 5.41) is 18.3. The van der Waals surface area contributed by atoms with Gasteiger partial charge in [0.2, 0.25) is 0 Å². The predicted molar refractivity (Wildman–Crippen MR) is 64.2 cm³/mol. The molecule has 0 atom stereocenters. The molecular formula is C13H7N3S. The summed E-state index contributed by atoms with van der Waals surface area (Å²) in [7, 11) is 0. The smallest absolute Gasteiger partial charge is 0.141 e. The Bertz CT molecular complexity index is 568. The molecule has 0 radical (unpaired) electrons. The lowest BCUT2D eigenvalue weighted by atomic mass is 10.2. The second-order valence-electron chi connectivity index (χ2n) is 3.21. The summed E-state index contributed by atoms with van der Waals surface area (Å²) in [6.45, 7) is 0. The van der Waals surface area contributed by atoms with Crippen LogP contribution in [0.2, 0.25) is 0 Å². The van der Waals surface area contributed by atoms with Crippen LogP contribution < -0.4 is 0 Å². The largest absolute Gasteiger partial charge is 0.230 e. The molecule has 4 heteroatoms. The van der Waals surface area contributed by atoms with E-state index in [-0.39, 0.29) is 0 Å². The maximum atomic E-state index is 8.79. The zero-order chi connectivity index (χ0) is 12.1. The van der Waals surface area contributed by atoms with Gasteiger partial charge in [0.25, 0.3) is 0 Å². The molecule has 0 unspecified atom stereocenters. The SMILES string of the molecule is N#Cc1cccc(Sc2cccc(C#N)n2)c1. The van der Waals surface area contributed by atoms with Crippen molar-refractivity contribution in [2.75, 3.05) is 0 Å². The highest BCUT2D eigenvalue weighted by Crippen LogP contribution is 2.26. The van der Waals surface area contributed by atoms with E-state index in [1.54, 1.807) is 24.3 Å². The Morgan fingerprint density at radius 2 is 1.82 bits per heavy atom. The van der Waals surface area contributed by atoms with E-state index in [1.165, 1.54) is 11.8 Å². The molecule has 80 valence electrons. The molecule has 0 saturated heterocycles. The Morgan fingerprint density at radius 3 is 2.59 bits per heavy atom. The highest BCUT2D eigenvalue weighted by Gasteiger charge is 2.01. The van der Waals surface area contributed by atoms with Crippen molar-refractivity contribution in [3.05, 3.63) is 53.7 Å². The summed E-state index contributed by atoms with van der Waals surface area (Å²) in [6.07, 6.45) is 0. The fourth-order valence-electron chi connectivity index (χ4n) is 1.28. The van der Waals surface area contributed by atoms with Gasteiger partial charge in [-0.1, -0.05) is 23.9 Å². The molecule has 1 aromatic carbocycles. The van der Waals surface area contributed by atoms with Crippen LogP contribution in [0.5, 0.6) is 0 Å². The lowest BCUT2D eigenvalue weighted by Crippen LogP contribution is -1.84. The molecule has 0 fully saturated rings. The number of rotatable bonds is 2. The molecule has 2 aromatic rings. The Hall–Kier alpha value is -2.30. The van der Waals surface area contributed by atoms with E-state index in [2.05, 4.69) is 11.1 Å². The maximum absolute atomic E-state index is 8.79. The van der Waals surface area contributed by atoms with Gasteiger partial charge in [0.15, 0.2) is 0 Å². The van der Waals surface area contributed by atoms with Crippen LogP contribution in [-0.4, -0.2) is 4.98 Å². The summed E-state index contributed by atoms with van der Waals surface area (Å²) >= 11 is 1.43. The molecule has 0 N–H and O–H groups in total. The minimum absolute atomic E-state index is 0.395. The van der Waals surface area contributed by atoms with E-state index < -0.39 is 0 Å². The first-order chi connectivity index (χ1) is 8.31. The molecule has 0 aliphatic rings. The third-order valence-electron chi connectivity index (χ3n) is 2.02. The molecule has 17 heavy (non-hydrogen) atoms. The third kappa shape index (κ3) is 2.84. The zero-order valence-corrected chi connectivity index (χ0v) is 9.61. The van der Waals surface area contributed by atoms with Crippen LogP contribution >= 0.6 is 11.8 Å². The molecule has 0 bridgehead atoms. The Balaban J connectivity index is 2.26. The number of aromatic nitrogens is 1. The predicted octanol–water partition coefficient (Wildman–Crippen LogP) is 2.98. The zero-order valence-electron chi connectivity index (χ0n) is 8.79. The molecule has 0 amide bonds. The number of hydrogen-bond acceptors (Lipinski definition) is 4. The van der Waals surface area contributed by atoms with Gasteiger partial charge in [-0.25, -0.2) is 4.98 Å². The Labute approximate surface area is 103 Å². The van der Waals surface area contributed by atoms with E-state index in [0.717, 1.165) is 9.92 Å². The number of nitrogens with zero attached hydrogens (tertiary/aromatic N) is 3. The second-order valence-corrected chi connectivity index (χ2v) is 4.31. The van der Waals surface area contributed by atoms with Gasteiger partial charge in [0.1, 0.15) is 16.8 Å². The van der Waals surface area contributed by atoms with Crippen LogP contribution in [0.1, 0.15) is 11.3 Å². The van der Waals surface area contributed by atoms with Gasteiger partial charge in [-0.15, -0.1) is 0 Å². The fraction of sp³-hybridized carbons (Fsp3) is 0. The van der Waals surface area contributed by atoms with Gasteiger partial charge in [-0.05, 0) is 30.3 Å². The van der Waals surface area contributed by atoms with E-state index >= 15 is 0 Å². The topological polar surface area (TPSA) is 60.5 Å².